The summed E-state index contributed by atoms with van der Waals surface area (Å²) in [5, 5.41) is 4.38. The quantitative estimate of drug-likeness (QED) is 0.183. The molecule has 6 aromatic carbocycles. The molecule has 1 heterocycles. The highest BCUT2D eigenvalue weighted by atomic mass is 16.6. The zero-order valence-corrected chi connectivity index (χ0v) is 28.0. The Hall–Kier alpha value is -5.81. The number of benzene rings is 6. The molecule has 48 heavy (non-hydrogen) atoms. The van der Waals surface area contributed by atoms with Crippen LogP contribution in [-0.4, -0.2) is 16.3 Å². The van der Waals surface area contributed by atoms with Gasteiger partial charge in [0.25, 0.3) is 0 Å². The molecular formula is C43H39N3O2. The van der Waals surface area contributed by atoms with Crippen LogP contribution >= 0.6 is 0 Å². The standard InChI is InChI=1S/C43H39N3O2/c1-30-31(2)41(45(35-24-10-7-11-25-35)39-29-17-21-33-19-13-15-27-37(33)39)46(42(47)48-43(3,4)5)40(30)44(34-22-8-6-9-23-34)38-28-16-20-32-18-12-14-26-36(32)38/h6-29H,1-5H3. The van der Waals surface area contributed by atoms with E-state index < -0.39 is 11.7 Å². The van der Waals surface area contributed by atoms with Crippen molar-refractivity contribution in [2.45, 2.75) is 40.2 Å². The van der Waals surface area contributed by atoms with E-state index in [1.165, 1.54) is 0 Å². The molecule has 0 amide bonds. The van der Waals surface area contributed by atoms with Crippen molar-refractivity contribution in [3.05, 3.63) is 157 Å². The number of hydrogen-bond donors (Lipinski definition) is 0. The van der Waals surface area contributed by atoms with Crippen molar-refractivity contribution in [2.24, 2.45) is 0 Å². The van der Waals surface area contributed by atoms with E-state index in [0.717, 1.165) is 67.1 Å². The van der Waals surface area contributed by atoms with Gasteiger partial charge in [0.1, 0.15) is 17.2 Å². The summed E-state index contributed by atoms with van der Waals surface area (Å²) >= 11 is 0. The van der Waals surface area contributed by atoms with Crippen molar-refractivity contribution in [1.82, 2.24) is 4.57 Å². The Morgan fingerprint density at radius 2 is 0.896 bits per heavy atom. The number of fused-ring (bicyclic) bond motifs is 2. The molecule has 0 bridgehead atoms. The molecular weight excluding hydrogens is 590 g/mol. The molecule has 0 saturated carbocycles. The third kappa shape index (κ3) is 5.58. The van der Waals surface area contributed by atoms with Gasteiger partial charge >= 0.3 is 6.09 Å². The topological polar surface area (TPSA) is 37.7 Å². The second-order valence-electron chi connectivity index (χ2n) is 13.1. The summed E-state index contributed by atoms with van der Waals surface area (Å²) in [4.78, 5) is 19.2. The van der Waals surface area contributed by atoms with Gasteiger partial charge < -0.3 is 4.74 Å². The van der Waals surface area contributed by atoms with E-state index >= 15 is 0 Å². The number of carbonyl (C=O) groups excluding carboxylic acids is 1. The molecule has 1 aromatic heterocycles. The molecule has 0 fully saturated rings. The summed E-state index contributed by atoms with van der Waals surface area (Å²) in [6.07, 6.45) is -0.453. The van der Waals surface area contributed by atoms with Gasteiger partial charge in [0.2, 0.25) is 0 Å². The Bertz CT molecular complexity index is 2090. The van der Waals surface area contributed by atoms with Crippen LogP contribution < -0.4 is 9.80 Å². The van der Waals surface area contributed by atoms with Gasteiger partial charge in [-0.15, -0.1) is 0 Å². The smallest absolute Gasteiger partial charge is 0.421 e. The van der Waals surface area contributed by atoms with Gasteiger partial charge in [-0.25, -0.2) is 9.36 Å². The van der Waals surface area contributed by atoms with Crippen molar-refractivity contribution in [3.8, 4) is 0 Å². The molecule has 0 radical (unpaired) electrons. The number of carbonyl (C=O) groups is 1. The van der Waals surface area contributed by atoms with E-state index in [-0.39, 0.29) is 0 Å². The van der Waals surface area contributed by atoms with Crippen LogP contribution in [0.15, 0.2) is 146 Å². The number of hydrogen-bond acceptors (Lipinski definition) is 4. The number of ether oxygens (including phenoxy) is 1. The number of rotatable bonds is 6. The third-order valence-corrected chi connectivity index (χ3v) is 8.70. The zero-order valence-electron chi connectivity index (χ0n) is 28.0. The molecule has 0 aliphatic carbocycles. The monoisotopic (exact) mass is 629 g/mol. The van der Waals surface area contributed by atoms with Crippen LogP contribution in [0.5, 0.6) is 0 Å². The summed E-state index contributed by atoms with van der Waals surface area (Å²) in [5.41, 5.74) is 5.00. The van der Waals surface area contributed by atoms with Crippen molar-refractivity contribution in [1.29, 1.82) is 0 Å². The normalized spacial score (nSPS) is 11.5. The third-order valence-electron chi connectivity index (χ3n) is 8.70. The van der Waals surface area contributed by atoms with Crippen molar-refractivity contribution in [3.63, 3.8) is 0 Å². The van der Waals surface area contributed by atoms with E-state index in [1.54, 1.807) is 4.57 Å². The Morgan fingerprint density at radius 3 is 1.31 bits per heavy atom. The summed E-state index contributed by atoms with van der Waals surface area (Å²) in [7, 11) is 0. The number of anilines is 6. The minimum Gasteiger partial charge on any atom is -0.443 e. The first-order valence-corrected chi connectivity index (χ1v) is 16.3. The van der Waals surface area contributed by atoms with Crippen LogP contribution in [0, 0.1) is 13.8 Å². The fourth-order valence-corrected chi connectivity index (χ4v) is 6.50. The number of nitrogens with zero attached hydrogens (tertiary/aromatic N) is 3. The van der Waals surface area contributed by atoms with Gasteiger partial charge in [-0.1, -0.05) is 109 Å². The average Bonchev–Trinajstić information content (AvgIpc) is 3.35. The van der Waals surface area contributed by atoms with Crippen LogP contribution in [0.4, 0.5) is 39.2 Å². The first-order valence-electron chi connectivity index (χ1n) is 16.3. The van der Waals surface area contributed by atoms with Gasteiger partial charge in [0.15, 0.2) is 0 Å². The molecule has 0 unspecified atom stereocenters. The van der Waals surface area contributed by atoms with Crippen molar-refractivity contribution in [2.75, 3.05) is 9.80 Å². The van der Waals surface area contributed by atoms with Crippen LogP contribution in [-0.2, 0) is 4.74 Å². The van der Waals surface area contributed by atoms with E-state index in [1.807, 2.05) is 57.2 Å². The number of aromatic nitrogens is 1. The predicted octanol–water partition coefficient (Wildman–Crippen LogP) is 12.1. The van der Waals surface area contributed by atoms with E-state index in [4.69, 9.17) is 4.74 Å². The van der Waals surface area contributed by atoms with Gasteiger partial charge in [-0.2, -0.15) is 0 Å². The fourth-order valence-electron chi connectivity index (χ4n) is 6.50. The minimum absolute atomic E-state index is 0.453. The lowest BCUT2D eigenvalue weighted by atomic mass is 10.1. The molecule has 0 aliphatic heterocycles. The highest BCUT2D eigenvalue weighted by molar-refractivity contribution is 6.03. The van der Waals surface area contributed by atoms with Gasteiger partial charge in [0.05, 0.1) is 11.4 Å². The maximum absolute atomic E-state index is 14.8. The fraction of sp³-hybridized carbons (Fsp3) is 0.140. The summed E-state index contributed by atoms with van der Waals surface area (Å²) in [5.74, 6) is 1.45. The SMILES string of the molecule is Cc1c(C)c(N(c2ccccc2)c2cccc3ccccc23)n(C(=O)OC(C)(C)C)c1N(c1ccccc1)c1cccc2ccccc12. The lowest BCUT2D eigenvalue weighted by Crippen LogP contribution is -2.31. The molecule has 0 saturated heterocycles. The lowest BCUT2D eigenvalue weighted by molar-refractivity contribution is 0.0543. The van der Waals surface area contributed by atoms with Gasteiger partial charge in [0, 0.05) is 22.1 Å². The average molecular weight is 630 g/mol. The zero-order chi connectivity index (χ0) is 33.4. The summed E-state index contributed by atoms with van der Waals surface area (Å²) in [6, 6.07) is 49.9. The van der Waals surface area contributed by atoms with E-state index in [2.05, 4.69) is 133 Å². The summed E-state index contributed by atoms with van der Waals surface area (Å²) < 4.78 is 8.04. The van der Waals surface area contributed by atoms with Gasteiger partial charge in [-0.05, 0) is 92.9 Å². The highest BCUT2D eigenvalue weighted by Crippen LogP contribution is 2.49. The maximum atomic E-state index is 14.8. The predicted molar refractivity (Wildman–Crippen MR) is 200 cm³/mol. The second-order valence-corrected chi connectivity index (χ2v) is 13.1. The lowest BCUT2D eigenvalue weighted by Gasteiger charge is -2.32. The van der Waals surface area contributed by atoms with E-state index in [9.17, 15) is 4.79 Å². The number of para-hydroxylation sites is 2. The molecule has 7 aromatic rings. The molecule has 7 rings (SSSR count). The van der Waals surface area contributed by atoms with Gasteiger partial charge in [-0.3, -0.25) is 9.80 Å². The van der Waals surface area contributed by atoms with Crippen LogP contribution in [0.2, 0.25) is 0 Å². The first kappa shape index (κ1) is 30.8. The molecule has 0 spiro atoms. The minimum atomic E-state index is -0.730. The van der Waals surface area contributed by atoms with Crippen molar-refractivity contribution < 1.29 is 9.53 Å². The first-order chi connectivity index (χ1) is 23.2. The van der Waals surface area contributed by atoms with Crippen molar-refractivity contribution >= 4 is 62.0 Å². The van der Waals surface area contributed by atoms with E-state index in [0.29, 0.717) is 0 Å². The molecule has 5 heteroatoms. The Kier molecular flexibility index (Phi) is 7.98. The molecule has 0 atom stereocenters. The largest absolute Gasteiger partial charge is 0.443 e. The molecule has 0 N–H and O–H groups in total. The Morgan fingerprint density at radius 1 is 0.521 bits per heavy atom. The molecule has 238 valence electrons. The molecule has 5 nitrogen and oxygen atoms in total. The Balaban J connectivity index is 1.61. The Labute approximate surface area is 282 Å². The highest BCUT2D eigenvalue weighted by Gasteiger charge is 2.34. The second kappa shape index (κ2) is 12.4. The van der Waals surface area contributed by atoms with Crippen LogP contribution in [0.3, 0.4) is 0 Å². The molecule has 0 aliphatic rings. The van der Waals surface area contributed by atoms with Crippen LogP contribution in [0.25, 0.3) is 21.5 Å². The maximum Gasteiger partial charge on any atom is 0.421 e. The van der Waals surface area contributed by atoms with Crippen LogP contribution in [0.1, 0.15) is 31.9 Å². The summed E-state index contributed by atoms with van der Waals surface area (Å²) in [6.45, 7) is 9.93.